The van der Waals surface area contributed by atoms with Crippen LogP contribution in [0.1, 0.15) is 35.6 Å². The van der Waals surface area contributed by atoms with E-state index in [4.69, 9.17) is 0 Å². The molecule has 4 heteroatoms. The first-order valence-electron chi connectivity index (χ1n) is 5.84. The summed E-state index contributed by atoms with van der Waals surface area (Å²) in [5.41, 5.74) is 3.01. The highest BCUT2D eigenvalue weighted by atomic mass is 16.1. The van der Waals surface area contributed by atoms with E-state index in [2.05, 4.69) is 30.9 Å². The van der Waals surface area contributed by atoms with Crippen LogP contribution in [0.4, 0.5) is 0 Å². The summed E-state index contributed by atoms with van der Waals surface area (Å²) >= 11 is 0. The molecule has 0 unspecified atom stereocenters. The van der Waals surface area contributed by atoms with Gasteiger partial charge in [0.05, 0.1) is 5.69 Å². The molecule has 0 aromatic carbocycles. The third-order valence-corrected chi connectivity index (χ3v) is 2.99. The van der Waals surface area contributed by atoms with Crippen molar-refractivity contribution < 1.29 is 4.79 Å². The summed E-state index contributed by atoms with van der Waals surface area (Å²) in [7, 11) is 2.08. The summed E-state index contributed by atoms with van der Waals surface area (Å²) in [6.45, 7) is 6.99. The van der Waals surface area contributed by atoms with Gasteiger partial charge >= 0.3 is 0 Å². The Hall–Kier alpha value is -1.16. The molecule has 1 aliphatic heterocycles. The molecule has 1 aliphatic rings. The highest BCUT2D eigenvalue weighted by molar-refractivity contribution is 5.75. The second-order valence-corrected chi connectivity index (χ2v) is 4.99. The van der Waals surface area contributed by atoms with E-state index in [0.29, 0.717) is 5.92 Å². The predicted octanol–water partition coefficient (Wildman–Crippen LogP) is 1.34. The number of rotatable bonds is 3. The maximum Gasteiger partial charge on any atom is 0.168 e. The smallest absolute Gasteiger partial charge is 0.168 e. The minimum absolute atomic E-state index is 0.512. The summed E-state index contributed by atoms with van der Waals surface area (Å²) < 4.78 is 1.88. The minimum Gasteiger partial charge on any atom is -0.302 e. The highest BCUT2D eigenvalue weighted by Crippen LogP contribution is 2.20. The van der Waals surface area contributed by atoms with E-state index in [-0.39, 0.29) is 0 Å². The molecule has 1 aromatic rings. The van der Waals surface area contributed by atoms with Crippen LogP contribution in [-0.4, -0.2) is 34.6 Å². The van der Waals surface area contributed by atoms with E-state index >= 15 is 0 Å². The van der Waals surface area contributed by atoms with Crippen LogP contribution in [0, 0.1) is 5.92 Å². The highest BCUT2D eigenvalue weighted by Gasteiger charge is 2.22. The number of hydrogen-bond acceptors (Lipinski definition) is 3. The van der Waals surface area contributed by atoms with Crippen molar-refractivity contribution >= 4 is 6.29 Å². The topological polar surface area (TPSA) is 38.1 Å². The molecule has 0 fully saturated rings. The fourth-order valence-electron chi connectivity index (χ4n) is 2.20. The number of likely N-dealkylation sites (N-methyl/N-ethyl adjacent to an activating group) is 1. The number of carbonyl (C=O) groups is 1. The second-order valence-electron chi connectivity index (χ2n) is 4.99. The lowest BCUT2D eigenvalue weighted by Crippen LogP contribution is -2.26. The Balaban J connectivity index is 2.37. The lowest BCUT2D eigenvalue weighted by Gasteiger charge is -2.21. The van der Waals surface area contributed by atoms with Crippen LogP contribution < -0.4 is 0 Å². The van der Waals surface area contributed by atoms with Gasteiger partial charge in [0.15, 0.2) is 6.29 Å². The summed E-state index contributed by atoms with van der Waals surface area (Å²) in [6.07, 6.45) is 1.91. The number of carbonyl (C=O) groups excluding carboxylic acids is 1. The second kappa shape index (κ2) is 4.37. The van der Waals surface area contributed by atoms with E-state index in [1.807, 2.05) is 4.68 Å². The predicted molar refractivity (Wildman–Crippen MR) is 62.5 cm³/mol. The van der Waals surface area contributed by atoms with Gasteiger partial charge in [0.2, 0.25) is 0 Å². The maximum absolute atomic E-state index is 11.2. The minimum atomic E-state index is 0.512. The fourth-order valence-corrected chi connectivity index (χ4v) is 2.20. The monoisotopic (exact) mass is 221 g/mol. The molecule has 0 saturated carbocycles. The molecular formula is C12H19N3O. The Labute approximate surface area is 96.2 Å². The third kappa shape index (κ3) is 2.02. The molecule has 0 saturated heterocycles. The maximum atomic E-state index is 11.2. The molecule has 1 aromatic heterocycles. The van der Waals surface area contributed by atoms with E-state index in [0.717, 1.165) is 49.3 Å². The van der Waals surface area contributed by atoms with Gasteiger partial charge in [0, 0.05) is 31.6 Å². The number of fused-ring (bicyclic) bond motifs is 1. The molecule has 2 rings (SSSR count). The van der Waals surface area contributed by atoms with Gasteiger partial charge in [-0.05, 0) is 13.0 Å². The Bertz CT molecular complexity index is 395. The van der Waals surface area contributed by atoms with Crippen LogP contribution in [0.3, 0.4) is 0 Å². The van der Waals surface area contributed by atoms with Crippen LogP contribution in [0.5, 0.6) is 0 Å². The summed E-state index contributed by atoms with van der Waals surface area (Å²) in [5, 5.41) is 4.55. The number of aldehydes is 1. The van der Waals surface area contributed by atoms with E-state index in [1.165, 1.54) is 0 Å². The summed E-state index contributed by atoms with van der Waals surface area (Å²) in [4.78, 5) is 13.4. The molecule has 2 heterocycles. The fraction of sp³-hybridized carbons (Fsp3) is 0.667. The first-order valence-corrected chi connectivity index (χ1v) is 5.84. The Morgan fingerprint density at radius 1 is 1.50 bits per heavy atom. The molecule has 0 atom stereocenters. The van der Waals surface area contributed by atoms with Crippen LogP contribution >= 0.6 is 0 Å². The molecule has 88 valence electrons. The normalized spacial score (nSPS) is 16.5. The number of nitrogens with zero attached hydrogens (tertiary/aromatic N) is 3. The van der Waals surface area contributed by atoms with Gasteiger partial charge in [-0.3, -0.25) is 9.48 Å². The van der Waals surface area contributed by atoms with Gasteiger partial charge in [0.1, 0.15) is 5.69 Å². The van der Waals surface area contributed by atoms with Gasteiger partial charge in [-0.15, -0.1) is 0 Å². The summed E-state index contributed by atoms with van der Waals surface area (Å²) in [5.74, 6) is 0.512. The van der Waals surface area contributed by atoms with Gasteiger partial charge in [-0.1, -0.05) is 13.8 Å². The van der Waals surface area contributed by atoms with Crippen LogP contribution in [0.15, 0.2) is 0 Å². The Kier molecular flexibility index (Phi) is 3.10. The molecule has 0 N–H and O–H groups in total. The standard InChI is InChI=1S/C12H19N3O/c1-9(2)6-15-12(8-16)10-7-14(3)5-4-11(10)13-15/h8-9H,4-7H2,1-3H3. The van der Waals surface area contributed by atoms with Gasteiger partial charge < -0.3 is 4.90 Å². The lowest BCUT2D eigenvalue weighted by molar-refractivity contribution is 0.111. The third-order valence-electron chi connectivity index (χ3n) is 2.99. The first-order chi connectivity index (χ1) is 7.61. The van der Waals surface area contributed by atoms with Gasteiger partial charge in [0.25, 0.3) is 0 Å². The van der Waals surface area contributed by atoms with Crippen molar-refractivity contribution in [3.8, 4) is 0 Å². The Morgan fingerprint density at radius 2 is 2.25 bits per heavy atom. The van der Waals surface area contributed by atoms with Crippen LogP contribution in [-0.2, 0) is 19.5 Å². The van der Waals surface area contributed by atoms with Crippen LogP contribution in [0.2, 0.25) is 0 Å². The quantitative estimate of drug-likeness (QED) is 0.723. The van der Waals surface area contributed by atoms with Crippen molar-refractivity contribution in [1.29, 1.82) is 0 Å². The first kappa shape index (κ1) is 11.3. The number of aromatic nitrogens is 2. The van der Waals surface area contributed by atoms with Crippen molar-refractivity contribution in [2.75, 3.05) is 13.6 Å². The zero-order chi connectivity index (χ0) is 11.7. The van der Waals surface area contributed by atoms with E-state index in [9.17, 15) is 4.79 Å². The molecule has 16 heavy (non-hydrogen) atoms. The van der Waals surface area contributed by atoms with E-state index in [1.54, 1.807) is 0 Å². The van der Waals surface area contributed by atoms with Gasteiger partial charge in [-0.2, -0.15) is 5.10 Å². The van der Waals surface area contributed by atoms with Crippen molar-refractivity contribution in [3.63, 3.8) is 0 Å². The largest absolute Gasteiger partial charge is 0.302 e. The van der Waals surface area contributed by atoms with Crippen molar-refractivity contribution in [2.45, 2.75) is 33.4 Å². The molecular weight excluding hydrogens is 202 g/mol. The molecule has 0 aliphatic carbocycles. The molecule has 0 amide bonds. The number of hydrogen-bond donors (Lipinski definition) is 0. The molecule has 0 bridgehead atoms. The molecule has 4 nitrogen and oxygen atoms in total. The van der Waals surface area contributed by atoms with Crippen molar-refractivity contribution in [2.24, 2.45) is 5.92 Å². The molecule has 0 radical (unpaired) electrons. The zero-order valence-electron chi connectivity index (χ0n) is 10.2. The van der Waals surface area contributed by atoms with Gasteiger partial charge in [-0.25, -0.2) is 0 Å². The van der Waals surface area contributed by atoms with E-state index < -0.39 is 0 Å². The van der Waals surface area contributed by atoms with Crippen molar-refractivity contribution in [3.05, 3.63) is 17.0 Å². The molecule has 0 spiro atoms. The van der Waals surface area contributed by atoms with Crippen molar-refractivity contribution in [1.82, 2.24) is 14.7 Å². The Morgan fingerprint density at radius 3 is 2.88 bits per heavy atom. The summed E-state index contributed by atoms with van der Waals surface area (Å²) in [6, 6.07) is 0. The zero-order valence-corrected chi connectivity index (χ0v) is 10.2. The average molecular weight is 221 g/mol. The lowest BCUT2D eigenvalue weighted by atomic mass is 10.1. The SMILES string of the molecule is CC(C)Cn1nc2c(c1C=O)CN(C)CC2. The average Bonchev–Trinajstić information content (AvgIpc) is 2.53. The van der Waals surface area contributed by atoms with Crippen LogP contribution in [0.25, 0.3) is 0 Å².